The van der Waals surface area contributed by atoms with Crippen LogP contribution in [0.3, 0.4) is 0 Å². The Balaban J connectivity index is 1.52. The highest BCUT2D eigenvalue weighted by molar-refractivity contribution is 7.12. The van der Waals surface area contributed by atoms with Gasteiger partial charge >= 0.3 is 0 Å². The molecule has 0 fully saturated rings. The van der Waals surface area contributed by atoms with Gasteiger partial charge in [-0.1, -0.05) is 18.2 Å². The van der Waals surface area contributed by atoms with E-state index in [1.807, 2.05) is 22.9 Å². The van der Waals surface area contributed by atoms with Gasteiger partial charge in [-0.3, -0.25) is 9.59 Å². The molecule has 4 rings (SSSR count). The van der Waals surface area contributed by atoms with Crippen LogP contribution in [0.2, 0.25) is 0 Å². The molecule has 32 heavy (non-hydrogen) atoms. The number of rotatable bonds is 8. The van der Waals surface area contributed by atoms with Crippen molar-refractivity contribution in [3.05, 3.63) is 87.0 Å². The Hall–Kier alpha value is -2.97. The Kier molecular flexibility index (Phi) is 7.02. The van der Waals surface area contributed by atoms with Crippen molar-refractivity contribution in [3.8, 4) is 5.75 Å². The van der Waals surface area contributed by atoms with Crippen LogP contribution in [0.1, 0.15) is 26.2 Å². The average molecular weight is 471 g/mol. The third-order valence-corrected chi connectivity index (χ3v) is 7.17. The lowest BCUT2D eigenvalue weighted by molar-refractivity contribution is -0.135. The number of hydrogen-bond acceptors (Lipinski definition) is 5. The fourth-order valence-corrected chi connectivity index (χ4v) is 5.41. The molecule has 8 heteroatoms. The second-order valence-corrected chi connectivity index (χ2v) is 9.32. The van der Waals surface area contributed by atoms with E-state index in [9.17, 15) is 14.0 Å². The minimum Gasteiger partial charge on any atom is -0.491 e. The van der Waals surface area contributed by atoms with Crippen LogP contribution in [0.4, 0.5) is 4.39 Å². The number of ether oxygens (including phenoxy) is 1. The molecule has 5 nitrogen and oxygen atoms in total. The van der Waals surface area contributed by atoms with Gasteiger partial charge in [0.05, 0.1) is 10.9 Å². The largest absolute Gasteiger partial charge is 0.491 e. The minimum atomic E-state index is -0.373. The highest BCUT2D eigenvalue weighted by atomic mass is 32.1. The van der Waals surface area contributed by atoms with Crippen LogP contribution in [0, 0.1) is 5.82 Å². The predicted octanol–water partition coefficient (Wildman–Crippen LogP) is 4.78. The van der Waals surface area contributed by atoms with Crippen molar-refractivity contribution < 1.29 is 18.7 Å². The Bertz CT molecular complexity index is 1100. The molecule has 0 bridgehead atoms. The van der Waals surface area contributed by atoms with Gasteiger partial charge in [-0.15, -0.1) is 29.3 Å². The van der Waals surface area contributed by atoms with E-state index in [2.05, 4.69) is 6.58 Å². The van der Waals surface area contributed by atoms with Crippen LogP contribution in [-0.4, -0.2) is 47.9 Å². The van der Waals surface area contributed by atoms with Gasteiger partial charge in [0, 0.05) is 24.0 Å². The van der Waals surface area contributed by atoms with Crippen LogP contribution in [0.5, 0.6) is 5.75 Å². The molecule has 0 radical (unpaired) electrons. The van der Waals surface area contributed by atoms with E-state index in [-0.39, 0.29) is 43.4 Å². The Morgan fingerprint density at radius 1 is 1.22 bits per heavy atom. The van der Waals surface area contributed by atoms with E-state index in [1.165, 1.54) is 33.2 Å². The zero-order valence-corrected chi connectivity index (χ0v) is 19.0. The molecule has 0 saturated carbocycles. The van der Waals surface area contributed by atoms with Gasteiger partial charge < -0.3 is 14.5 Å². The number of hydrogen-bond donors (Lipinski definition) is 0. The van der Waals surface area contributed by atoms with E-state index < -0.39 is 0 Å². The molecule has 166 valence electrons. The number of carbonyl (C=O) groups is 2. The van der Waals surface area contributed by atoms with Gasteiger partial charge in [-0.25, -0.2) is 4.39 Å². The Labute approximate surface area is 194 Å². The summed E-state index contributed by atoms with van der Waals surface area (Å²) in [6.45, 7) is 4.71. The van der Waals surface area contributed by atoms with Crippen LogP contribution < -0.4 is 4.74 Å². The lowest BCUT2D eigenvalue weighted by atomic mass is 10.0. The van der Waals surface area contributed by atoms with Gasteiger partial charge in [0.15, 0.2) is 0 Å². The molecule has 3 heterocycles. The zero-order chi connectivity index (χ0) is 22.5. The second kappa shape index (κ2) is 10.1. The quantitative estimate of drug-likeness (QED) is 0.445. The third-order valence-electron chi connectivity index (χ3n) is 5.31. The topological polar surface area (TPSA) is 49.9 Å². The smallest absolute Gasteiger partial charge is 0.264 e. The number of benzene rings is 1. The summed E-state index contributed by atoms with van der Waals surface area (Å²) in [4.78, 5) is 31.3. The maximum absolute atomic E-state index is 13.5. The fraction of sp³-hybridized carbons (Fsp3) is 0.250. The third kappa shape index (κ3) is 4.92. The number of halogens is 1. The highest BCUT2D eigenvalue weighted by Crippen LogP contribution is 2.34. The first-order chi connectivity index (χ1) is 15.6. The Morgan fingerprint density at radius 2 is 2.09 bits per heavy atom. The molecule has 0 saturated heterocycles. The first kappa shape index (κ1) is 22.2. The van der Waals surface area contributed by atoms with Crippen molar-refractivity contribution in [2.75, 3.05) is 26.2 Å². The summed E-state index contributed by atoms with van der Waals surface area (Å²) in [6.07, 6.45) is 2.38. The molecule has 1 aromatic carbocycles. The molecule has 0 aliphatic carbocycles. The number of fused-ring (bicyclic) bond motifs is 1. The summed E-state index contributed by atoms with van der Waals surface area (Å²) in [5, 5.41) is 3.85. The van der Waals surface area contributed by atoms with Crippen molar-refractivity contribution in [3.63, 3.8) is 0 Å². The number of amides is 2. The SMILES string of the molecule is C=CCN(CC(=O)N1CCc2sccc2[C@@H]1COc1cccc(F)c1)C(=O)c1cccs1. The molecule has 0 spiro atoms. The lowest BCUT2D eigenvalue weighted by Gasteiger charge is -2.37. The van der Waals surface area contributed by atoms with E-state index in [0.717, 1.165) is 12.0 Å². The predicted molar refractivity (Wildman–Crippen MR) is 125 cm³/mol. The van der Waals surface area contributed by atoms with Crippen LogP contribution in [0.15, 0.2) is 65.9 Å². The van der Waals surface area contributed by atoms with Crippen molar-refractivity contribution in [2.24, 2.45) is 0 Å². The van der Waals surface area contributed by atoms with Crippen LogP contribution in [-0.2, 0) is 11.2 Å². The maximum Gasteiger partial charge on any atom is 0.264 e. The molecule has 2 aromatic heterocycles. The fourth-order valence-electron chi connectivity index (χ4n) is 3.79. The van der Waals surface area contributed by atoms with Crippen LogP contribution in [0.25, 0.3) is 0 Å². The summed E-state index contributed by atoms with van der Waals surface area (Å²) in [5.41, 5.74) is 1.05. The summed E-state index contributed by atoms with van der Waals surface area (Å²) >= 11 is 3.01. The van der Waals surface area contributed by atoms with Crippen LogP contribution >= 0.6 is 22.7 Å². The number of nitrogens with zero attached hydrogens (tertiary/aromatic N) is 2. The van der Waals surface area contributed by atoms with E-state index in [4.69, 9.17) is 4.74 Å². The molecular formula is C24H23FN2O3S2. The Morgan fingerprint density at radius 3 is 2.84 bits per heavy atom. The van der Waals surface area contributed by atoms with E-state index in [0.29, 0.717) is 17.2 Å². The monoisotopic (exact) mass is 470 g/mol. The van der Waals surface area contributed by atoms with Gasteiger partial charge in [0.1, 0.15) is 24.7 Å². The summed E-state index contributed by atoms with van der Waals surface area (Å²) in [5.74, 6) is -0.293. The first-order valence-electron chi connectivity index (χ1n) is 10.2. The summed E-state index contributed by atoms with van der Waals surface area (Å²) in [7, 11) is 0. The van der Waals surface area contributed by atoms with Gasteiger partial charge in [0.25, 0.3) is 5.91 Å². The number of carbonyl (C=O) groups excluding carboxylic acids is 2. The molecule has 1 aliphatic rings. The lowest BCUT2D eigenvalue weighted by Crippen LogP contribution is -2.47. The average Bonchev–Trinajstić information content (AvgIpc) is 3.48. The van der Waals surface area contributed by atoms with Crippen molar-refractivity contribution in [1.82, 2.24) is 9.80 Å². The summed E-state index contributed by atoms with van der Waals surface area (Å²) in [6, 6.07) is 11.2. The van der Waals surface area contributed by atoms with Gasteiger partial charge in [-0.05, 0) is 47.0 Å². The van der Waals surface area contributed by atoms with E-state index >= 15 is 0 Å². The van der Waals surface area contributed by atoms with E-state index in [1.54, 1.807) is 40.5 Å². The first-order valence-corrected chi connectivity index (χ1v) is 12.0. The summed E-state index contributed by atoms with van der Waals surface area (Å²) < 4.78 is 19.4. The van der Waals surface area contributed by atoms with Gasteiger partial charge in [-0.2, -0.15) is 0 Å². The van der Waals surface area contributed by atoms with Crippen molar-refractivity contribution in [1.29, 1.82) is 0 Å². The molecule has 0 unspecified atom stereocenters. The normalized spacial score (nSPS) is 15.2. The molecule has 2 amide bonds. The zero-order valence-electron chi connectivity index (χ0n) is 17.4. The molecular weight excluding hydrogens is 447 g/mol. The second-order valence-electron chi connectivity index (χ2n) is 7.37. The molecule has 1 atom stereocenters. The molecule has 0 N–H and O–H groups in total. The molecule has 3 aromatic rings. The van der Waals surface area contributed by atoms with Crippen molar-refractivity contribution >= 4 is 34.5 Å². The maximum atomic E-state index is 13.5. The minimum absolute atomic E-state index is 0.0430. The number of thiophene rings is 2. The molecule has 1 aliphatic heterocycles. The van der Waals surface area contributed by atoms with Crippen molar-refractivity contribution in [2.45, 2.75) is 12.5 Å². The standard InChI is InChI=1S/C24H23FN2O3S2/c1-2-10-26(24(29)22-7-4-12-31-22)15-23(28)27-11-8-21-19(9-13-32-21)20(27)16-30-18-6-3-5-17(25)14-18/h2-7,9,12-14,20H,1,8,10-11,15-16H2/t20-/m0/s1. The highest BCUT2D eigenvalue weighted by Gasteiger charge is 2.33. The van der Waals surface area contributed by atoms with Gasteiger partial charge in [0.2, 0.25) is 5.91 Å².